The molecule has 10 nitrogen and oxygen atoms in total. The van der Waals surface area contributed by atoms with Crippen LogP contribution in [0, 0.1) is 0 Å². The quantitative estimate of drug-likeness (QED) is 0.304. The minimum Gasteiger partial charge on any atom is -0.433 e. The summed E-state index contributed by atoms with van der Waals surface area (Å²) in [5.41, 5.74) is 6.10. The van der Waals surface area contributed by atoms with Gasteiger partial charge in [-0.3, -0.25) is 23.7 Å². The van der Waals surface area contributed by atoms with Crippen molar-refractivity contribution in [2.75, 3.05) is 17.7 Å². The number of carbonyl (C=O) groups is 3. The molecule has 1 aromatic heterocycles. The molecule has 0 bridgehead atoms. The summed E-state index contributed by atoms with van der Waals surface area (Å²) in [6.45, 7) is 2.03. The predicted octanol–water partition coefficient (Wildman–Crippen LogP) is 2.72. The molecule has 3 atom stereocenters. The van der Waals surface area contributed by atoms with E-state index in [0.29, 0.717) is 11.3 Å². The van der Waals surface area contributed by atoms with Crippen LogP contribution in [-0.4, -0.2) is 41.3 Å². The fraction of sp³-hybridized carbons (Fsp3) is 0.231. The molecule has 1 fully saturated rings. The largest absolute Gasteiger partial charge is 0.433 e. The number of aromatic nitrogens is 1. The molecule has 0 radical (unpaired) electrons. The van der Waals surface area contributed by atoms with Crippen LogP contribution < -0.4 is 21.9 Å². The first kappa shape index (κ1) is 25.9. The molecule has 0 aliphatic carbocycles. The highest BCUT2D eigenvalue weighted by Crippen LogP contribution is 2.23. The lowest BCUT2D eigenvalue weighted by atomic mass is 10.0. The SMILES string of the molecule is CCOC1OC(=O)CC1NC(=O)C(c1ccccc1)n1cccc(NC(=O)c2ccc(N)c(Cl)c2)c1=O. The Morgan fingerprint density at radius 2 is 1.92 bits per heavy atom. The topological polar surface area (TPSA) is 142 Å². The number of nitrogen functional groups attached to an aromatic ring is 1. The van der Waals surface area contributed by atoms with Gasteiger partial charge < -0.3 is 25.8 Å². The lowest BCUT2D eigenvalue weighted by Crippen LogP contribution is -2.46. The first-order valence-corrected chi connectivity index (χ1v) is 11.9. The minimum atomic E-state index is -1.10. The Kier molecular flexibility index (Phi) is 7.90. The number of hydrogen-bond acceptors (Lipinski definition) is 7. The van der Waals surface area contributed by atoms with E-state index in [2.05, 4.69) is 10.6 Å². The molecule has 3 unspecified atom stereocenters. The zero-order chi connectivity index (χ0) is 26.5. The lowest BCUT2D eigenvalue weighted by molar-refractivity contribution is -0.164. The minimum absolute atomic E-state index is 0.0410. The molecule has 37 heavy (non-hydrogen) atoms. The van der Waals surface area contributed by atoms with E-state index in [4.69, 9.17) is 26.8 Å². The van der Waals surface area contributed by atoms with Crippen molar-refractivity contribution >= 4 is 40.8 Å². The van der Waals surface area contributed by atoms with Gasteiger partial charge >= 0.3 is 5.97 Å². The molecular formula is C26H25ClN4O6. The number of hydrogen-bond donors (Lipinski definition) is 3. The van der Waals surface area contributed by atoms with Crippen molar-refractivity contribution in [3.05, 3.63) is 93.4 Å². The standard InChI is InChI=1S/C26H25ClN4O6/c1-2-36-26-20(14-21(32)37-26)30-24(34)22(15-7-4-3-5-8-15)31-12-6-9-19(25(31)35)29-23(33)16-10-11-18(28)17(27)13-16/h3-13,20,22,26H,2,14,28H2,1H3,(H,29,33)(H,30,34). The highest BCUT2D eigenvalue weighted by Gasteiger charge is 2.38. The van der Waals surface area contributed by atoms with Crippen molar-refractivity contribution in [3.8, 4) is 0 Å². The van der Waals surface area contributed by atoms with Gasteiger partial charge in [-0.05, 0) is 42.8 Å². The number of rotatable bonds is 8. The number of amides is 2. The lowest BCUT2D eigenvalue weighted by Gasteiger charge is -2.24. The number of pyridine rings is 1. The maximum Gasteiger partial charge on any atom is 0.310 e. The van der Waals surface area contributed by atoms with Gasteiger partial charge in [-0.2, -0.15) is 0 Å². The van der Waals surface area contributed by atoms with E-state index in [9.17, 15) is 19.2 Å². The second kappa shape index (κ2) is 11.3. The average molecular weight is 525 g/mol. The molecule has 0 spiro atoms. The number of nitrogens with one attached hydrogen (secondary N) is 2. The maximum atomic E-state index is 13.5. The van der Waals surface area contributed by atoms with Crippen molar-refractivity contribution in [2.24, 2.45) is 0 Å². The third kappa shape index (κ3) is 5.82. The van der Waals surface area contributed by atoms with E-state index >= 15 is 0 Å². The van der Waals surface area contributed by atoms with Crippen LogP contribution >= 0.6 is 11.6 Å². The first-order valence-electron chi connectivity index (χ1n) is 11.5. The summed E-state index contributed by atoms with van der Waals surface area (Å²) in [6.07, 6.45) is 0.463. The van der Waals surface area contributed by atoms with E-state index < -0.39 is 41.7 Å². The molecule has 11 heteroatoms. The highest BCUT2D eigenvalue weighted by molar-refractivity contribution is 6.33. The number of ether oxygens (including phenoxy) is 2. The predicted molar refractivity (Wildman–Crippen MR) is 137 cm³/mol. The number of nitrogens with zero attached hydrogens (tertiary/aromatic N) is 1. The van der Waals surface area contributed by atoms with Gasteiger partial charge in [-0.15, -0.1) is 0 Å². The summed E-state index contributed by atoms with van der Waals surface area (Å²) in [4.78, 5) is 51.6. The van der Waals surface area contributed by atoms with E-state index in [1.165, 1.54) is 35.0 Å². The van der Waals surface area contributed by atoms with Crippen molar-refractivity contribution in [1.29, 1.82) is 0 Å². The number of halogens is 1. The molecule has 4 N–H and O–H groups in total. The molecule has 2 aromatic carbocycles. The summed E-state index contributed by atoms with van der Waals surface area (Å²) in [5, 5.41) is 5.56. The van der Waals surface area contributed by atoms with Crippen LogP contribution in [-0.2, 0) is 19.1 Å². The van der Waals surface area contributed by atoms with Crippen LogP contribution in [0.4, 0.5) is 11.4 Å². The van der Waals surface area contributed by atoms with Gasteiger partial charge in [0.1, 0.15) is 17.8 Å². The Hall–Kier alpha value is -4.15. The number of benzene rings is 2. The van der Waals surface area contributed by atoms with Gasteiger partial charge in [0.25, 0.3) is 11.5 Å². The number of cyclic esters (lactones) is 1. The average Bonchev–Trinajstić information content (AvgIpc) is 3.22. The van der Waals surface area contributed by atoms with Crippen molar-refractivity contribution < 1.29 is 23.9 Å². The highest BCUT2D eigenvalue weighted by atomic mass is 35.5. The van der Waals surface area contributed by atoms with Crippen LogP contribution in [0.2, 0.25) is 5.02 Å². The molecule has 1 saturated heterocycles. The van der Waals surface area contributed by atoms with Crippen LogP contribution in [0.1, 0.15) is 35.3 Å². The van der Waals surface area contributed by atoms with Gasteiger partial charge in [0.15, 0.2) is 0 Å². The van der Waals surface area contributed by atoms with Crippen LogP contribution in [0.25, 0.3) is 0 Å². The fourth-order valence-electron chi connectivity index (χ4n) is 3.98. The van der Waals surface area contributed by atoms with Gasteiger partial charge in [-0.25, -0.2) is 0 Å². The fourth-order valence-corrected chi connectivity index (χ4v) is 4.16. The normalized spacial score (nSPS) is 17.6. The zero-order valence-corrected chi connectivity index (χ0v) is 20.6. The van der Waals surface area contributed by atoms with Gasteiger partial charge in [0, 0.05) is 18.4 Å². The Morgan fingerprint density at radius 3 is 2.62 bits per heavy atom. The molecule has 2 heterocycles. The number of esters is 1. The summed E-state index contributed by atoms with van der Waals surface area (Å²) >= 11 is 6.02. The number of nitrogens with two attached hydrogens (primary N) is 1. The second-order valence-corrected chi connectivity index (χ2v) is 8.68. The molecule has 3 aromatic rings. The molecule has 1 aliphatic rings. The van der Waals surface area contributed by atoms with Crippen LogP contribution in [0.5, 0.6) is 0 Å². The van der Waals surface area contributed by atoms with E-state index in [-0.39, 0.29) is 29.3 Å². The van der Waals surface area contributed by atoms with Gasteiger partial charge in [0.2, 0.25) is 12.2 Å². The Balaban J connectivity index is 1.65. The smallest absolute Gasteiger partial charge is 0.310 e. The monoisotopic (exact) mass is 524 g/mol. The zero-order valence-electron chi connectivity index (χ0n) is 19.8. The third-order valence-corrected chi connectivity index (χ3v) is 6.08. The summed E-state index contributed by atoms with van der Waals surface area (Å²) < 4.78 is 11.8. The molecule has 4 rings (SSSR count). The molecule has 0 saturated carbocycles. The Morgan fingerprint density at radius 1 is 1.16 bits per heavy atom. The Bertz CT molecular complexity index is 1380. The second-order valence-electron chi connectivity index (χ2n) is 8.27. The van der Waals surface area contributed by atoms with Crippen molar-refractivity contribution in [1.82, 2.24) is 9.88 Å². The molecule has 192 valence electrons. The molecular weight excluding hydrogens is 500 g/mol. The summed E-state index contributed by atoms with van der Waals surface area (Å²) in [7, 11) is 0. The molecule has 2 amide bonds. The van der Waals surface area contributed by atoms with E-state index in [1.807, 2.05) is 0 Å². The number of carbonyl (C=O) groups excluding carboxylic acids is 3. The third-order valence-electron chi connectivity index (χ3n) is 5.75. The van der Waals surface area contributed by atoms with Gasteiger partial charge in [0.05, 0.1) is 17.1 Å². The number of anilines is 2. The van der Waals surface area contributed by atoms with Crippen molar-refractivity contribution in [2.45, 2.75) is 31.7 Å². The van der Waals surface area contributed by atoms with Crippen molar-refractivity contribution in [3.63, 3.8) is 0 Å². The van der Waals surface area contributed by atoms with E-state index in [0.717, 1.165) is 0 Å². The molecule has 1 aliphatic heterocycles. The Labute approximate surface area is 217 Å². The summed E-state index contributed by atoms with van der Waals surface area (Å²) in [5.74, 6) is -1.61. The van der Waals surface area contributed by atoms with Crippen LogP contribution in [0.15, 0.2) is 71.7 Å². The summed E-state index contributed by atoms with van der Waals surface area (Å²) in [6, 6.07) is 14.2. The van der Waals surface area contributed by atoms with Crippen LogP contribution in [0.3, 0.4) is 0 Å². The van der Waals surface area contributed by atoms with Gasteiger partial charge in [-0.1, -0.05) is 41.9 Å². The first-order chi connectivity index (χ1) is 17.8. The maximum absolute atomic E-state index is 13.5. The van der Waals surface area contributed by atoms with E-state index in [1.54, 1.807) is 43.3 Å².